The molecule has 116 valence electrons. The Balaban J connectivity index is 2.34. The monoisotopic (exact) mass is 328 g/mol. The van der Waals surface area contributed by atoms with Crippen LogP contribution in [0.15, 0.2) is 36.4 Å². The van der Waals surface area contributed by atoms with Crippen molar-refractivity contribution < 1.29 is 18.0 Å². The molecule has 0 bridgehead atoms. The van der Waals surface area contributed by atoms with Crippen molar-refractivity contribution >= 4 is 28.9 Å². The lowest BCUT2D eigenvalue weighted by Gasteiger charge is -2.14. The van der Waals surface area contributed by atoms with Gasteiger partial charge in [-0.2, -0.15) is 13.2 Å². The summed E-state index contributed by atoms with van der Waals surface area (Å²) in [6.45, 7) is 1.76. The van der Waals surface area contributed by atoms with Gasteiger partial charge in [-0.3, -0.25) is 4.79 Å². The molecular formula is C15H12ClF3N2O. The molecular weight excluding hydrogens is 317 g/mol. The van der Waals surface area contributed by atoms with E-state index in [2.05, 4.69) is 5.32 Å². The summed E-state index contributed by atoms with van der Waals surface area (Å²) in [7, 11) is 0. The maximum absolute atomic E-state index is 13.0. The Bertz CT molecular complexity index is 729. The molecule has 0 saturated heterocycles. The Hall–Kier alpha value is -2.21. The Kier molecular flexibility index (Phi) is 4.32. The predicted molar refractivity (Wildman–Crippen MR) is 80.0 cm³/mol. The summed E-state index contributed by atoms with van der Waals surface area (Å²) in [6, 6.07) is 7.67. The minimum Gasteiger partial charge on any atom is -0.398 e. The molecule has 2 rings (SSSR count). The highest BCUT2D eigenvalue weighted by atomic mass is 35.5. The van der Waals surface area contributed by atoms with Crippen LogP contribution in [0, 0.1) is 6.92 Å². The number of halogens is 4. The first-order valence-electron chi connectivity index (χ1n) is 6.22. The van der Waals surface area contributed by atoms with Gasteiger partial charge in [-0.05, 0) is 42.8 Å². The van der Waals surface area contributed by atoms with Gasteiger partial charge in [0.15, 0.2) is 0 Å². The van der Waals surface area contributed by atoms with Crippen LogP contribution in [0.4, 0.5) is 24.5 Å². The number of amides is 1. The lowest BCUT2D eigenvalue weighted by molar-refractivity contribution is -0.136. The summed E-state index contributed by atoms with van der Waals surface area (Å²) < 4.78 is 38.9. The van der Waals surface area contributed by atoms with Crippen molar-refractivity contribution in [1.82, 2.24) is 0 Å². The van der Waals surface area contributed by atoms with Gasteiger partial charge in [-0.15, -0.1) is 0 Å². The zero-order chi connectivity index (χ0) is 16.5. The minimum absolute atomic E-state index is 0.0649. The lowest BCUT2D eigenvalue weighted by Crippen LogP contribution is -2.17. The summed E-state index contributed by atoms with van der Waals surface area (Å²) >= 11 is 5.59. The van der Waals surface area contributed by atoms with Gasteiger partial charge in [0.1, 0.15) is 0 Å². The van der Waals surface area contributed by atoms with E-state index in [9.17, 15) is 18.0 Å². The number of benzene rings is 2. The number of hydrogen-bond acceptors (Lipinski definition) is 2. The van der Waals surface area contributed by atoms with Gasteiger partial charge in [-0.1, -0.05) is 17.7 Å². The molecule has 0 fully saturated rings. The van der Waals surface area contributed by atoms with E-state index >= 15 is 0 Å². The summed E-state index contributed by atoms with van der Waals surface area (Å²) in [5.41, 5.74) is 5.67. The average Bonchev–Trinajstić information content (AvgIpc) is 2.42. The zero-order valence-corrected chi connectivity index (χ0v) is 12.2. The van der Waals surface area contributed by atoms with Crippen LogP contribution in [-0.2, 0) is 6.18 Å². The number of nitrogens with two attached hydrogens (primary N) is 1. The van der Waals surface area contributed by atoms with Gasteiger partial charge in [0.25, 0.3) is 5.91 Å². The molecule has 0 saturated carbocycles. The van der Waals surface area contributed by atoms with Crippen LogP contribution >= 0.6 is 11.6 Å². The number of nitrogens with one attached hydrogen (secondary N) is 1. The molecule has 0 heterocycles. The van der Waals surface area contributed by atoms with Crippen LogP contribution < -0.4 is 11.1 Å². The lowest BCUT2D eigenvalue weighted by atomic mass is 10.1. The quantitative estimate of drug-likeness (QED) is 0.797. The van der Waals surface area contributed by atoms with Crippen LogP contribution in [0.2, 0.25) is 5.02 Å². The fourth-order valence-corrected chi connectivity index (χ4v) is 2.01. The van der Waals surface area contributed by atoms with Gasteiger partial charge in [0, 0.05) is 16.3 Å². The van der Waals surface area contributed by atoms with Crippen molar-refractivity contribution in [3.8, 4) is 0 Å². The third kappa shape index (κ3) is 3.51. The molecule has 3 N–H and O–H groups in total. The third-order valence-corrected chi connectivity index (χ3v) is 3.31. The minimum atomic E-state index is -4.63. The average molecular weight is 329 g/mol. The van der Waals surface area contributed by atoms with Crippen molar-refractivity contribution in [1.29, 1.82) is 0 Å². The van der Waals surface area contributed by atoms with Crippen molar-refractivity contribution in [3.63, 3.8) is 0 Å². The molecule has 0 aromatic heterocycles. The second-order valence-electron chi connectivity index (χ2n) is 4.71. The smallest absolute Gasteiger partial charge is 0.398 e. The second kappa shape index (κ2) is 5.88. The molecule has 3 nitrogen and oxygen atoms in total. The van der Waals surface area contributed by atoms with Crippen LogP contribution in [0.25, 0.3) is 0 Å². The molecule has 0 aliphatic heterocycles. The Morgan fingerprint density at radius 3 is 2.45 bits per heavy atom. The molecule has 2 aromatic rings. The Morgan fingerprint density at radius 1 is 1.18 bits per heavy atom. The SMILES string of the molecule is Cc1ccc(C(=O)Nc2ccc(Cl)cc2C(F)(F)F)cc1N. The van der Waals surface area contributed by atoms with E-state index in [1.165, 1.54) is 18.2 Å². The summed E-state index contributed by atoms with van der Waals surface area (Å²) in [4.78, 5) is 12.1. The first-order chi connectivity index (χ1) is 10.2. The standard InChI is InChI=1S/C15H12ClF3N2O/c1-8-2-3-9(6-12(8)20)14(22)21-13-5-4-10(16)7-11(13)15(17,18)19/h2-7H,20H2,1H3,(H,21,22). The van der Waals surface area contributed by atoms with E-state index in [1.54, 1.807) is 13.0 Å². The van der Waals surface area contributed by atoms with Crippen molar-refractivity contribution in [2.45, 2.75) is 13.1 Å². The first-order valence-corrected chi connectivity index (χ1v) is 6.60. The molecule has 0 atom stereocenters. The van der Waals surface area contributed by atoms with Gasteiger partial charge in [0.2, 0.25) is 0 Å². The number of carbonyl (C=O) groups excluding carboxylic acids is 1. The van der Waals surface area contributed by atoms with Gasteiger partial charge >= 0.3 is 6.18 Å². The molecule has 1 amide bonds. The molecule has 7 heteroatoms. The number of carbonyl (C=O) groups is 1. The zero-order valence-electron chi connectivity index (χ0n) is 11.5. The molecule has 0 unspecified atom stereocenters. The fourth-order valence-electron chi connectivity index (χ4n) is 1.84. The summed E-state index contributed by atoms with van der Waals surface area (Å²) in [5, 5.41) is 2.17. The van der Waals surface area contributed by atoms with E-state index in [-0.39, 0.29) is 16.3 Å². The van der Waals surface area contributed by atoms with Crippen LogP contribution in [0.3, 0.4) is 0 Å². The normalized spacial score (nSPS) is 11.3. The van der Waals surface area contributed by atoms with Crippen LogP contribution in [0.1, 0.15) is 21.5 Å². The molecule has 0 aliphatic rings. The topological polar surface area (TPSA) is 55.1 Å². The van der Waals surface area contributed by atoms with Crippen LogP contribution in [0.5, 0.6) is 0 Å². The molecule has 0 aliphatic carbocycles. The van der Waals surface area contributed by atoms with Crippen LogP contribution in [-0.4, -0.2) is 5.91 Å². The van der Waals surface area contributed by atoms with Gasteiger partial charge in [-0.25, -0.2) is 0 Å². The van der Waals surface area contributed by atoms with E-state index in [4.69, 9.17) is 17.3 Å². The van der Waals surface area contributed by atoms with Crippen molar-refractivity contribution in [2.24, 2.45) is 0 Å². The third-order valence-electron chi connectivity index (χ3n) is 3.08. The summed E-state index contributed by atoms with van der Waals surface area (Å²) in [5.74, 6) is -0.681. The maximum Gasteiger partial charge on any atom is 0.418 e. The summed E-state index contributed by atoms with van der Waals surface area (Å²) in [6.07, 6.45) is -4.63. The van der Waals surface area contributed by atoms with Gasteiger partial charge < -0.3 is 11.1 Å². The largest absolute Gasteiger partial charge is 0.418 e. The highest BCUT2D eigenvalue weighted by molar-refractivity contribution is 6.30. The highest BCUT2D eigenvalue weighted by Gasteiger charge is 2.34. The number of rotatable bonds is 2. The maximum atomic E-state index is 13.0. The van der Waals surface area contributed by atoms with E-state index in [1.807, 2.05) is 0 Å². The Labute approximate surface area is 129 Å². The number of alkyl halides is 3. The highest BCUT2D eigenvalue weighted by Crippen LogP contribution is 2.36. The number of nitrogen functional groups attached to an aromatic ring is 1. The second-order valence-corrected chi connectivity index (χ2v) is 5.15. The first kappa shape index (κ1) is 16.2. The Morgan fingerprint density at radius 2 is 1.86 bits per heavy atom. The molecule has 0 radical (unpaired) electrons. The van der Waals surface area contributed by atoms with E-state index in [0.717, 1.165) is 17.7 Å². The number of hydrogen-bond donors (Lipinski definition) is 2. The van der Waals surface area contributed by atoms with Crippen molar-refractivity contribution in [2.75, 3.05) is 11.1 Å². The van der Waals surface area contributed by atoms with E-state index in [0.29, 0.717) is 5.69 Å². The van der Waals surface area contributed by atoms with Crippen molar-refractivity contribution in [3.05, 3.63) is 58.1 Å². The molecule has 0 spiro atoms. The molecule has 2 aromatic carbocycles. The number of aryl methyl sites for hydroxylation is 1. The predicted octanol–water partition coefficient (Wildman–Crippen LogP) is 4.50. The van der Waals surface area contributed by atoms with E-state index < -0.39 is 17.6 Å². The van der Waals surface area contributed by atoms with Gasteiger partial charge in [0.05, 0.1) is 11.3 Å². The fraction of sp³-hybridized carbons (Fsp3) is 0.133. The number of anilines is 2. The molecule has 22 heavy (non-hydrogen) atoms.